The van der Waals surface area contributed by atoms with Gasteiger partial charge >= 0.3 is 5.97 Å². The van der Waals surface area contributed by atoms with Gasteiger partial charge in [0.15, 0.2) is 12.4 Å². The first-order valence-corrected chi connectivity index (χ1v) is 6.91. The molecule has 0 spiro atoms. The Morgan fingerprint density at radius 2 is 2.04 bits per heavy atom. The predicted octanol–water partition coefficient (Wildman–Crippen LogP) is 2.88. The average Bonchev–Trinajstić information content (AvgIpc) is 3.14. The molecule has 2 heterocycles. The maximum Gasteiger partial charge on any atom is 0.342 e. The number of aryl methyl sites for hydroxylation is 1. The zero-order valence-corrected chi connectivity index (χ0v) is 12.6. The van der Waals surface area contributed by atoms with Crippen LogP contribution in [0.15, 0.2) is 41.1 Å². The minimum atomic E-state index is -0.489. The standard InChI is InChI=1S/C16H14FN3O3/c1-10-13(7-19-20(10)2)16(21)22-9-15-18-8-14(23-15)11-3-5-12(17)6-4-11/h3-8H,9H2,1-2H3. The summed E-state index contributed by atoms with van der Waals surface area (Å²) in [7, 11) is 1.75. The van der Waals surface area contributed by atoms with Crippen LogP contribution in [-0.4, -0.2) is 20.7 Å². The highest BCUT2D eigenvalue weighted by Crippen LogP contribution is 2.21. The monoisotopic (exact) mass is 315 g/mol. The molecule has 118 valence electrons. The van der Waals surface area contributed by atoms with Crippen LogP contribution in [-0.2, 0) is 18.4 Å². The van der Waals surface area contributed by atoms with Crippen LogP contribution >= 0.6 is 0 Å². The Bertz CT molecular complexity index is 837. The summed E-state index contributed by atoms with van der Waals surface area (Å²) < 4.78 is 25.2. The predicted molar refractivity (Wildman–Crippen MR) is 79.0 cm³/mol. The van der Waals surface area contributed by atoms with Gasteiger partial charge < -0.3 is 9.15 Å². The molecule has 0 unspecified atom stereocenters. The molecule has 0 fully saturated rings. The normalized spacial score (nSPS) is 10.7. The zero-order valence-electron chi connectivity index (χ0n) is 12.6. The van der Waals surface area contributed by atoms with Gasteiger partial charge in [-0.1, -0.05) is 0 Å². The van der Waals surface area contributed by atoms with E-state index < -0.39 is 5.97 Å². The lowest BCUT2D eigenvalue weighted by molar-refractivity contribution is 0.0438. The highest BCUT2D eigenvalue weighted by molar-refractivity contribution is 5.90. The third-order valence-corrected chi connectivity index (χ3v) is 3.46. The molecule has 7 heteroatoms. The molecule has 0 saturated carbocycles. The van der Waals surface area contributed by atoms with Gasteiger partial charge in [-0.3, -0.25) is 4.68 Å². The Balaban J connectivity index is 1.66. The van der Waals surface area contributed by atoms with E-state index in [1.165, 1.54) is 24.5 Å². The van der Waals surface area contributed by atoms with Gasteiger partial charge in [-0.15, -0.1) is 0 Å². The second kappa shape index (κ2) is 6.04. The summed E-state index contributed by atoms with van der Waals surface area (Å²) in [6.07, 6.45) is 2.96. The van der Waals surface area contributed by atoms with E-state index in [0.717, 1.165) is 5.69 Å². The molecule has 0 radical (unpaired) electrons. The van der Waals surface area contributed by atoms with Crippen molar-refractivity contribution in [1.82, 2.24) is 14.8 Å². The molecule has 2 aromatic heterocycles. The smallest absolute Gasteiger partial charge is 0.342 e. The largest absolute Gasteiger partial charge is 0.452 e. The van der Waals surface area contributed by atoms with Crippen LogP contribution in [0.4, 0.5) is 4.39 Å². The van der Waals surface area contributed by atoms with E-state index in [9.17, 15) is 9.18 Å². The van der Waals surface area contributed by atoms with Gasteiger partial charge in [0.2, 0.25) is 5.89 Å². The Morgan fingerprint density at radius 1 is 1.30 bits per heavy atom. The molecule has 3 aromatic rings. The maximum absolute atomic E-state index is 12.9. The molecule has 0 amide bonds. The van der Waals surface area contributed by atoms with Crippen molar-refractivity contribution in [3.63, 3.8) is 0 Å². The number of oxazole rings is 1. The summed E-state index contributed by atoms with van der Waals surface area (Å²) in [6.45, 7) is 1.69. The van der Waals surface area contributed by atoms with Crippen molar-refractivity contribution < 1.29 is 18.3 Å². The highest BCUT2D eigenvalue weighted by atomic mass is 19.1. The van der Waals surface area contributed by atoms with E-state index >= 15 is 0 Å². The first kappa shape index (κ1) is 15.0. The number of hydrogen-bond donors (Lipinski definition) is 0. The highest BCUT2D eigenvalue weighted by Gasteiger charge is 2.15. The minimum absolute atomic E-state index is 0.0889. The van der Waals surface area contributed by atoms with Crippen molar-refractivity contribution in [1.29, 1.82) is 0 Å². The number of nitrogens with zero attached hydrogens (tertiary/aromatic N) is 3. The lowest BCUT2D eigenvalue weighted by Crippen LogP contribution is -2.07. The van der Waals surface area contributed by atoms with Crippen LogP contribution in [0.5, 0.6) is 0 Å². The van der Waals surface area contributed by atoms with Crippen LogP contribution in [0.1, 0.15) is 21.9 Å². The van der Waals surface area contributed by atoms with Crippen molar-refractivity contribution in [3.05, 3.63) is 59.6 Å². The summed E-state index contributed by atoms with van der Waals surface area (Å²) in [6, 6.07) is 5.85. The number of hydrogen-bond acceptors (Lipinski definition) is 5. The van der Waals surface area contributed by atoms with Crippen LogP contribution in [0.2, 0.25) is 0 Å². The van der Waals surface area contributed by atoms with Gasteiger partial charge in [-0.2, -0.15) is 5.10 Å². The number of halogens is 1. The number of rotatable bonds is 4. The molecule has 23 heavy (non-hydrogen) atoms. The first-order chi connectivity index (χ1) is 11.0. The molecular weight excluding hydrogens is 301 g/mol. The van der Waals surface area contributed by atoms with E-state index in [4.69, 9.17) is 9.15 Å². The first-order valence-electron chi connectivity index (χ1n) is 6.91. The summed E-state index contributed by atoms with van der Waals surface area (Å²) in [4.78, 5) is 16.0. The topological polar surface area (TPSA) is 70.2 Å². The number of esters is 1. The average molecular weight is 315 g/mol. The molecule has 0 aliphatic rings. The molecule has 6 nitrogen and oxygen atoms in total. The van der Waals surface area contributed by atoms with Crippen LogP contribution < -0.4 is 0 Å². The SMILES string of the molecule is Cc1c(C(=O)OCc2ncc(-c3ccc(F)cc3)o2)cnn1C. The van der Waals surface area contributed by atoms with E-state index in [2.05, 4.69) is 10.1 Å². The molecule has 1 aromatic carbocycles. The van der Waals surface area contributed by atoms with Crippen LogP contribution in [0.3, 0.4) is 0 Å². The number of ether oxygens (including phenoxy) is 1. The molecule has 0 bridgehead atoms. The number of carbonyl (C=O) groups excluding carboxylic acids is 1. The van der Waals surface area contributed by atoms with Crippen molar-refractivity contribution in [2.24, 2.45) is 7.05 Å². The third-order valence-electron chi connectivity index (χ3n) is 3.46. The molecular formula is C16H14FN3O3. The quantitative estimate of drug-likeness (QED) is 0.692. The summed E-state index contributed by atoms with van der Waals surface area (Å²) >= 11 is 0. The second-order valence-electron chi connectivity index (χ2n) is 4.97. The molecule has 3 rings (SSSR count). The number of benzene rings is 1. The van der Waals surface area contributed by atoms with Gasteiger partial charge in [-0.25, -0.2) is 14.2 Å². The molecule has 0 atom stereocenters. The van der Waals surface area contributed by atoms with Crippen molar-refractivity contribution in [2.45, 2.75) is 13.5 Å². The van der Waals surface area contributed by atoms with Gasteiger partial charge in [0, 0.05) is 18.3 Å². The lowest BCUT2D eigenvalue weighted by atomic mass is 10.2. The summed E-state index contributed by atoms with van der Waals surface area (Å²) in [5.41, 5.74) is 1.81. The zero-order chi connectivity index (χ0) is 16.4. The second-order valence-corrected chi connectivity index (χ2v) is 4.97. The van der Waals surface area contributed by atoms with Crippen LogP contribution in [0.25, 0.3) is 11.3 Å². The summed E-state index contributed by atoms with van der Waals surface area (Å²) in [5.74, 6) is -0.0702. The number of aromatic nitrogens is 3. The van der Waals surface area contributed by atoms with Crippen molar-refractivity contribution >= 4 is 5.97 Å². The van der Waals surface area contributed by atoms with E-state index in [1.54, 1.807) is 30.8 Å². The summed E-state index contributed by atoms with van der Waals surface area (Å²) in [5, 5.41) is 3.99. The minimum Gasteiger partial charge on any atom is -0.452 e. The fraction of sp³-hybridized carbons (Fsp3) is 0.188. The van der Waals surface area contributed by atoms with E-state index in [0.29, 0.717) is 16.9 Å². The Kier molecular flexibility index (Phi) is 3.92. The Morgan fingerprint density at radius 3 is 2.70 bits per heavy atom. The maximum atomic E-state index is 12.9. The van der Waals surface area contributed by atoms with Crippen molar-refractivity contribution in [2.75, 3.05) is 0 Å². The fourth-order valence-corrected chi connectivity index (χ4v) is 2.03. The lowest BCUT2D eigenvalue weighted by Gasteiger charge is -2.01. The van der Waals surface area contributed by atoms with E-state index in [1.807, 2.05) is 0 Å². The number of carbonyl (C=O) groups is 1. The Labute approximate surface area is 131 Å². The van der Waals surface area contributed by atoms with Gasteiger partial charge in [-0.05, 0) is 31.2 Å². The van der Waals surface area contributed by atoms with Gasteiger partial charge in [0.25, 0.3) is 0 Å². The fourth-order valence-electron chi connectivity index (χ4n) is 2.03. The van der Waals surface area contributed by atoms with E-state index in [-0.39, 0.29) is 18.3 Å². The van der Waals surface area contributed by atoms with Gasteiger partial charge in [0.1, 0.15) is 11.4 Å². The molecule has 0 saturated heterocycles. The molecule has 0 N–H and O–H groups in total. The Hall–Kier alpha value is -2.96. The van der Waals surface area contributed by atoms with Crippen molar-refractivity contribution in [3.8, 4) is 11.3 Å². The van der Waals surface area contributed by atoms with Gasteiger partial charge in [0.05, 0.1) is 12.4 Å². The molecule has 0 aliphatic carbocycles. The molecule has 0 aliphatic heterocycles. The third kappa shape index (κ3) is 3.13. The van der Waals surface area contributed by atoms with Crippen LogP contribution in [0, 0.1) is 12.7 Å².